The highest BCUT2D eigenvalue weighted by Crippen LogP contribution is 2.25. The van der Waals surface area contributed by atoms with E-state index in [4.69, 9.17) is 5.11 Å². The van der Waals surface area contributed by atoms with Crippen molar-refractivity contribution in [2.75, 3.05) is 13.1 Å². The number of carboxylic acid groups (broad SMARTS) is 1. The molecule has 2 N–H and O–H groups in total. The molecule has 1 aliphatic rings. The molecule has 26 heavy (non-hydrogen) atoms. The van der Waals surface area contributed by atoms with Gasteiger partial charge in [0.1, 0.15) is 0 Å². The monoisotopic (exact) mass is 361 g/mol. The fraction of sp³-hybridized carbons (Fsp3) is 0.529. The van der Waals surface area contributed by atoms with Gasteiger partial charge in [0.15, 0.2) is 5.65 Å². The number of carbonyl (C=O) groups excluding carboxylic acids is 1. The number of pyridine rings is 1. The minimum absolute atomic E-state index is 0.0264. The molecule has 0 unspecified atom stereocenters. The van der Waals surface area contributed by atoms with E-state index in [1.54, 1.807) is 24.4 Å². The van der Waals surface area contributed by atoms with E-state index in [1.807, 2.05) is 11.8 Å². The van der Waals surface area contributed by atoms with Crippen LogP contribution in [0.4, 0.5) is 0 Å². The molecule has 9 heteroatoms. The van der Waals surface area contributed by atoms with Crippen LogP contribution in [0.5, 0.6) is 0 Å². The van der Waals surface area contributed by atoms with Crippen LogP contribution in [0, 0.1) is 0 Å². The Hall–Kier alpha value is -2.68. The third kappa shape index (κ3) is 3.93. The minimum Gasteiger partial charge on any atom is -0.480 e. The van der Waals surface area contributed by atoms with Crippen molar-refractivity contribution in [3.05, 3.63) is 34.9 Å². The Kier molecular flexibility index (Phi) is 5.36. The maximum absolute atomic E-state index is 12.1. The summed E-state index contributed by atoms with van der Waals surface area (Å²) in [5, 5.41) is 16.0. The summed E-state index contributed by atoms with van der Waals surface area (Å²) in [6, 6.07) is 5.55. The van der Waals surface area contributed by atoms with E-state index in [2.05, 4.69) is 10.4 Å². The van der Waals surface area contributed by atoms with Crippen LogP contribution in [-0.4, -0.2) is 61.2 Å². The molecule has 0 saturated heterocycles. The van der Waals surface area contributed by atoms with Crippen molar-refractivity contribution in [1.82, 2.24) is 24.4 Å². The summed E-state index contributed by atoms with van der Waals surface area (Å²) in [7, 11) is 0. The van der Waals surface area contributed by atoms with Gasteiger partial charge in [0.25, 0.3) is 0 Å². The number of carbonyl (C=O) groups is 2. The van der Waals surface area contributed by atoms with Crippen molar-refractivity contribution in [3.63, 3.8) is 0 Å². The number of nitrogens with one attached hydrogen (secondary N) is 1. The number of fused-ring (bicyclic) bond motifs is 1. The number of rotatable bonds is 8. The Labute approximate surface area is 150 Å². The molecule has 1 aliphatic carbocycles. The zero-order chi connectivity index (χ0) is 18.7. The first-order valence-electron chi connectivity index (χ1n) is 8.77. The minimum atomic E-state index is -0.836. The molecule has 2 aromatic rings. The van der Waals surface area contributed by atoms with Crippen LogP contribution in [0.25, 0.3) is 5.65 Å². The molecule has 0 aliphatic heterocycles. The SMILES string of the molecule is CCN(CC(=O)O)C1CC(NC(=O)CCn2nc3ccccn3c2=O)C1. The normalized spacial score (nSPS) is 19.5. The van der Waals surface area contributed by atoms with Gasteiger partial charge in [-0.25, -0.2) is 9.48 Å². The summed E-state index contributed by atoms with van der Waals surface area (Å²) in [6.45, 7) is 2.86. The molecule has 0 bridgehead atoms. The van der Waals surface area contributed by atoms with Gasteiger partial charge in [-0.05, 0) is 31.5 Å². The summed E-state index contributed by atoms with van der Waals surface area (Å²) in [5.41, 5.74) is 0.294. The van der Waals surface area contributed by atoms with Crippen LogP contribution < -0.4 is 11.0 Å². The first-order valence-corrected chi connectivity index (χ1v) is 8.77. The van der Waals surface area contributed by atoms with Crippen LogP contribution >= 0.6 is 0 Å². The number of hydrogen-bond donors (Lipinski definition) is 2. The number of hydrogen-bond acceptors (Lipinski definition) is 5. The van der Waals surface area contributed by atoms with Gasteiger partial charge in [-0.3, -0.25) is 18.9 Å². The molecule has 0 atom stereocenters. The molecule has 0 spiro atoms. The van der Waals surface area contributed by atoms with Crippen LogP contribution in [0.3, 0.4) is 0 Å². The standard InChI is InChI=1S/C17H23N5O4/c1-2-20(11-16(24)25)13-9-12(10-13)18-15(23)6-8-22-17(26)21-7-4-3-5-14(21)19-22/h3-5,7,12-13H,2,6,8-11H2,1H3,(H,18,23)(H,24,25). The zero-order valence-corrected chi connectivity index (χ0v) is 14.7. The van der Waals surface area contributed by atoms with Crippen molar-refractivity contribution in [3.8, 4) is 0 Å². The van der Waals surface area contributed by atoms with Crippen LogP contribution in [-0.2, 0) is 16.1 Å². The third-order valence-corrected chi connectivity index (χ3v) is 4.78. The molecule has 9 nitrogen and oxygen atoms in total. The lowest BCUT2D eigenvalue weighted by Crippen LogP contribution is -2.54. The van der Waals surface area contributed by atoms with E-state index < -0.39 is 5.97 Å². The maximum Gasteiger partial charge on any atom is 0.350 e. The summed E-state index contributed by atoms with van der Waals surface area (Å²) >= 11 is 0. The van der Waals surface area contributed by atoms with Crippen molar-refractivity contribution in [2.45, 2.75) is 44.8 Å². The van der Waals surface area contributed by atoms with E-state index >= 15 is 0 Å². The third-order valence-electron chi connectivity index (χ3n) is 4.78. The lowest BCUT2D eigenvalue weighted by Gasteiger charge is -2.42. The van der Waals surface area contributed by atoms with Gasteiger partial charge < -0.3 is 10.4 Å². The zero-order valence-electron chi connectivity index (χ0n) is 14.7. The fourth-order valence-electron chi connectivity index (χ4n) is 3.30. The predicted octanol–water partition coefficient (Wildman–Crippen LogP) is -0.0602. The topological polar surface area (TPSA) is 109 Å². The van der Waals surface area contributed by atoms with Gasteiger partial charge in [0.2, 0.25) is 5.91 Å². The Morgan fingerprint density at radius 3 is 2.81 bits per heavy atom. The van der Waals surface area contributed by atoms with Gasteiger partial charge >= 0.3 is 11.7 Å². The lowest BCUT2D eigenvalue weighted by molar-refractivity contribution is -0.139. The first kappa shape index (κ1) is 18.1. The van der Waals surface area contributed by atoms with Crippen molar-refractivity contribution in [2.24, 2.45) is 0 Å². The number of aromatic nitrogens is 3. The molecule has 2 aromatic heterocycles. The fourth-order valence-corrected chi connectivity index (χ4v) is 3.30. The van der Waals surface area contributed by atoms with Gasteiger partial charge in [-0.15, -0.1) is 5.10 Å². The molecule has 3 rings (SSSR count). The van der Waals surface area contributed by atoms with E-state index in [0.29, 0.717) is 12.2 Å². The van der Waals surface area contributed by atoms with Crippen molar-refractivity contribution < 1.29 is 14.7 Å². The summed E-state index contributed by atoms with van der Waals surface area (Å²) < 4.78 is 2.74. The molecular weight excluding hydrogens is 338 g/mol. The second kappa shape index (κ2) is 7.69. The first-order chi connectivity index (χ1) is 12.5. The van der Waals surface area contributed by atoms with Crippen molar-refractivity contribution in [1.29, 1.82) is 0 Å². The molecule has 1 fully saturated rings. The highest BCUT2D eigenvalue weighted by Gasteiger charge is 2.34. The number of aliphatic carboxylic acids is 1. The lowest BCUT2D eigenvalue weighted by atomic mass is 9.85. The number of likely N-dealkylation sites (N-methyl/N-ethyl adjacent to an activating group) is 1. The van der Waals surface area contributed by atoms with E-state index in [1.165, 1.54) is 9.08 Å². The highest BCUT2D eigenvalue weighted by atomic mass is 16.4. The molecule has 1 amide bonds. The number of carboxylic acids is 1. The largest absolute Gasteiger partial charge is 0.480 e. The van der Waals surface area contributed by atoms with E-state index in [0.717, 1.165) is 12.8 Å². The molecule has 0 radical (unpaired) electrons. The molecule has 0 aromatic carbocycles. The van der Waals surface area contributed by atoms with Crippen LogP contribution in [0.2, 0.25) is 0 Å². The van der Waals surface area contributed by atoms with Crippen LogP contribution in [0.1, 0.15) is 26.2 Å². The highest BCUT2D eigenvalue weighted by molar-refractivity contribution is 5.76. The Bertz CT molecular complexity index is 852. The second-order valence-corrected chi connectivity index (χ2v) is 6.53. The Balaban J connectivity index is 1.46. The molecular formula is C17H23N5O4. The summed E-state index contributed by atoms with van der Waals surface area (Å²) in [4.78, 5) is 37.0. The molecule has 1 saturated carbocycles. The van der Waals surface area contributed by atoms with Gasteiger partial charge in [0, 0.05) is 24.7 Å². The van der Waals surface area contributed by atoms with Gasteiger partial charge in [-0.2, -0.15) is 0 Å². The quantitative estimate of drug-likeness (QED) is 0.682. The number of amides is 1. The van der Waals surface area contributed by atoms with E-state index in [9.17, 15) is 14.4 Å². The smallest absolute Gasteiger partial charge is 0.350 e. The summed E-state index contributed by atoms with van der Waals surface area (Å²) in [5.74, 6) is -0.962. The van der Waals surface area contributed by atoms with E-state index in [-0.39, 0.29) is 43.2 Å². The van der Waals surface area contributed by atoms with Crippen molar-refractivity contribution >= 4 is 17.5 Å². The maximum atomic E-state index is 12.1. The Morgan fingerprint density at radius 2 is 2.15 bits per heavy atom. The second-order valence-electron chi connectivity index (χ2n) is 6.53. The van der Waals surface area contributed by atoms with Crippen LogP contribution in [0.15, 0.2) is 29.2 Å². The van der Waals surface area contributed by atoms with Gasteiger partial charge in [0.05, 0.1) is 13.1 Å². The molecule has 140 valence electrons. The molecule has 2 heterocycles. The Morgan fingerprint density at radius 1 is 1.38 bits per heavy atom. The predicted molar refractivity (Wildman–Crippen MR) is 93.9 cm³/mol. The average Bonchev–Trinajstić information content (AvgIpc) is 2.90. The number of nitrogens with zero attached hydrogens (tertiary/aromatic N) is 4. The average molecular weight is 361 g/mol. The number of aryl methyl sites for hydroxylation is 1. The summed E-state index contributed by atoms with van der Waals surface area (Å²) in [6.07, 6.45) is 3.33. The van der Waals surface area contributed by atoms with Gasteiger partial charge in [-0.1, -0.05) is 13.0 Å².